The van der Waals surface area contributed by atoms with Crippen molar-refractivity contribution in [3.63, 3.8) is 0 Å². The van der Waals surface area contributed by atoms with E-state index in [1.807, 2.05) is 0 Å². The Balaban J connectivity index is 2.18. The lowest BCUT2D eigenvalue weighted by atomic mass is 10.0. The van der Waals surface area contributed by atoms with Gasteiger partial charge in [-0.15, -0.1) is 0 Å². The third-order valence-corrected chi connectivity index (χ3v) is 3.83. The van der Waals surface area contributed by atoms with Crippen LogP contribution in [-0.4, -0.2) is 0 Å². The summed E-state index contributed by atoms with van der Waals surface area (Å²) in [6.07, 6.45) is 2.13. The number of nitrogens with one attached hydrogen (secondary N) is 1. The van der Waals surface area contributed by atoms with E-state index in [2.05, 4.69) is 83.6 Å². The second-order valence-corrected chi connectivity index (χ2v) is 5.63. The van der Waals surface area contributed by atoms with Gasteiger partial charge < -0.3 is 5.32 Å². The zero-order chi connectivity index (χ0) is 13.7. The van der Waals surface area contributed by atoms with Crippen LogP contribution in [0.3, 0.4) is 0 Å². The van der Waals surface area contributed by atoms with Crippen LogP contribution in [0.2, 0.25) is 0 Å². The molecule has 19 heavy (non-hydrogen) atoms. The molecule has 0 radical (unpaired) electrons. The Morgan fingerprint density at radius 1 is 1.05 bits per heavy atom. The van der Waals surface area contributed by atoms with Crippen molar-refractivity contribution in [1.82, 2.24) is 0 Å². The molecule has 0 aliphatic rings. The molecular weight excluding hydrogens is 298 g/mol. The van der Waals surface area contributed by atoms with Crippen LogP contribution in [0.5, 0.6) is 0 Å². The fourth-order valence-electron chi connectivity index (χ4n) is 2.23. The summed E-state index contributed by atoms with van der Waals surface area (Å²) < 4.78 is 1.13. The Kier molecular flexibility index (Phi) is 5.03. The van der Waals surface area contributed by atoms with Crippen LogP contribution in [0.1, 0.15) is 37.4 Å². The van der Waals surface area contributed by atoms with Gasteiger partial charge >= 0.3 is 0 Å². The van der Waals surface area contributed by atoms with E-state index >= 15 is 0 Å². The molecular formula is C17H20BrN. The Labute approximate surface area is 124 Å². The summed E-state index contributed by atoms with van der Waals surface area (Å²) in [5.74, 6) is 0. The van der Waals surface area contributed by atoms with Gasteiger partial charge in [0, 0.05) is 10.2 Å². The summed E-state index contributed by atoms with van der Waals surface area (Å²) in [5, 5.41) is 3.63. The molecule has 0 aliphatic heterocycles. The molecule has 0 bridgehead atoms. The predicted octanol–water partition coefficient (Wildman–Crippen LogP) is 5.57. The van der Waals surface area contributed by atoms with Crippen LogP contribution in [0.4, 0.5) is 5.69 Å². The highest BCUT2D eigenvalue weighted by atomic mass is 79.9. The Bertz CT molecular complexity index is 536. The smallest absolute Gasteiger partial charge is 0.0511 e. The summed E-state index contributed by atoms with van der Waals surface area (Å²) in [6.45, 7) is 4.40. The first kappa shape index (κ1) is 14.1. The maximum Gasteiger partial charge on any atom is 0.0511 e. The number of rotatable bonds is 5. The maximum atomic E-state index is 3.63. The lowest BCUT2D eigenvalue weighted by Crippen LogP contribution is -2.09. The SMILES string of the molecule is CCc1cccc(NC(CC)c2cccc(Br)c2)c1. The minimum atomic E-state index is 0.351. The van der Waals surface area contributed by atoms with Crippen molar-refractivity contribution in [2.24, 2.45) is 0 Å². The summed E-state index contributed by atoms with van der Waals surface area (Å²) in [6, 6.07) is 17.5. The van der Waals surface area contributed by atoms with Gasteiger partial charge in [0.15, 0.2) is 0 Å². The molecule has 2 aromatic rings. The molecule has 0 amide bonds. The van der Waals surface area contributed by atoms with Gasteiger partial charge in [0.1, 0.15) is 0 Å². The van der Waals surface area contributed by atoms with Gasteiger partial charge in [0.25, 0.3) is 0 Å². The third kappa shape index (κ3) is 3.84. The first-order valence-electron chi connectivity index (χ1n) is 6.84. The lowest BCUT2D eigenvalue weighted by molar-refractivity contribution is 0.748. The van der Waals surface area contributed by atoms with Gasteiger partial charge in [-0.3, -0.25) is 0 Å². The maximum absolute atomic E-state index is 3.63. The van der Waals surface area contributed by atoms with E-state index in [9.17, 15) is 0 Å². The standard InChI is InChI=1S/C17H20BrN/c1-3-13-7-5-10-16(11-13)19-17(4-2)14-8-6-9-15(18)12-14/h5-12,17,19H,3-4H2,1-2H3. The third-order valence-electron chi connectivity index (χ3n) is 3.34. The largest absolute Gasteiger partial charge is 0.378 e. The zero-order valence-electron chi connectivity index (χ0n) is 11.5. The number of benzene rings is 2. The van der Waals surface area contributed by atoms with Crippen molar-refractivity contribution in [2.75, 3.05) is 5.32 Å². The van der Waals surface area contributed by atoms with Crippen molar-refractivity contribution in [3.05, 3.63) is 64.1 Å². The van der Waals surface area contributed by atoms with Gasteiger partial charge in [-0.1, -0.05) is 54.0 Å². The minimum absolute atomic E-state index is 0.351. The minimum Gasteiger partial charge on any atom is -0.378 e. The molecule has 1 N–H and O–H groups in total. The molecule has 2 aromatic carbocycles. The van der Waals surface area contributed by atoms with Gasteiger partial charge in [0.2, 0.25) is 0 Å². The Morgan fingerprint density at radius 2 is 1.84 bits per heavy atom. The van der Waals surface area contributed by atoms with Crippen LogP contribution in [0, 0.1) is 0 Å². The Morgan fingerprint density at radius 3 is 2.53 bits per heavy atom. The van der Waals surface area contributed by atoms with Gasteiger partial charge in [-0.25, -0.2) is 0 Å². The van der Waals surface area contributed by atoms with Crippen LogP contribution >= 0.6 is 15.9 Å². The molecule has 0 spiro atoms. The first-order chi connectivity index (χ1) is 9.22. The molecule has 1 unspecified atom stereocenters. The average molecular weight is 318 g/mol. The van der Waals surface area contributed by atoms with Gasteiger partial charge in [0.05, 0.1) is 6.04 Å². The number of anilines is 1. The number of hydrogen-bond acceptors (Lipinski definition) is 1. The molecule has 2 rings (SSSR count). The normalized spacial score (nSPS) is 12.2. The number of hydrogen-bond donors (Lipinski definition) is 1. The number of aryl methyl sites for hydroxylation is 1. The highest BCUT2D eigenvalue weighted by molar-refractivity contribution is 9.10. The topological polar surface area (TPSA) is 12.0 Å². The zero-order valence-corrected chi connectivity index (χ0v) is 13.1. The van der Waals surface area contributed by atoms with Crippen LogP contribution in [-0.2, 0) is 6.42 Å². The predicted molar refractivity (Wildman–Crippen MR) is 86.6 cm³/mol. The molecule has 100 valence electrons. The highest BCUT2D eigenvalue weighted by Crippen LogP contribution is 2.25. The summed E-state index contributed by atoms with van der Waals surface area (Å²) in [7, 11) is 0. The van der Waals surface area contributed by atoms with E-state index in [4.69, 9.17) is 0 Å². The Hall–Kier alpha value is -1.28. The fourth-order valence-corrected chi connectivity index (χ4v) is 2.64. The second kappa shape index (κ2) is 6.76. The van der Waals surface area contributed by atoms with E-state index < -0.39 is 0 Å². The molecule has 0 saturated heterocycles. The quantitative estimate of drug-likeness (QED) is 0.759. The van der Waals surface area contributed by atoms with Gasteiger partial charge in [-0.05, 0) is 48.2 Å². The number of halogens is 1. The molecule has 2 heteroatoms. The molecule has 0 aromatic heterocycles. The second-order valence-electron chi connectivity index (χ2n) is 4.71. The average Bonchev–Trinajstić information content (AvgIpc) is 2.45. The summed E-state index contributed by atoms with van der Waals surface area (Å²) in [4.78, 5) is 0. The highest BCUT2D eigenvalue weighted by Gasteiger charge is 2.09. The van der Waals surface area contributed by atoms with Crippen molar-refractivity contribution in [2.45, 2.75) is 32.7 Å². The molecule has 0 saturated carbocycles. The molecule has 1 atom stereocenters. The summed E-state index contributed by atoms with van der Waals surface area (Å²) in [5.41, 5.74) is 3.89. The molecule has 0 aliphatic carbocycles. The first-order valence-corrected chi connectivity index (χ1v) is 7.63. The van der Waals surface area contributed by atoms with E-state index in [0.29, 0.717) is 6.04 Å². The van der Waals surface area contributed by atoms with E-state index in [0.717, 1.165) is 17.3 Å². The fraction of sp³-hybridized carbons (Fsp3) is 0.294. The van der Waals surface area contributed by atoms with E-state index in [1.54, 1.807) is 0 Å². The van der Waals surface area contributed by atoms with Crippen molar-refractivity contribution < 1.29 is 0 Å². The molecule has 0 fully saturated rings. The van der Waals surface area contributed by atoms with Crippen LogP contribution in [0.25, 0.3) is 0 Å². The molecule has 0 heterocycles. The van der Waals surface area contributed by atoms with Crippen molar-refractivity contribution in [3.8, 4) is 0 Å². The van der Waals surface area contributed by atoms with E-state index in [-0.39, 0.29) is 0 Å². The van der Waals surface area contributed by atoms with E-state index in [1.165, 1.54) is 16.8 Å². The monoisotopic (exact) mass is 317 g/mol. The van der Waals surface area contributed by atoms with Gasteiger partial charge in [-0.2, -0.15) is 0 Å². The van der Waals surface area contributed by atoms with Crippen LogP contribution in [0.15, 0.2) is 53.0 Å². The van der Waals surface area contributed by atoms with Crippen molar-refractivity contribution >= 4 is 21.6 Å². The molecule has 1 nitrogen and oxygen atoms in total. The van der Waals surface area contributed by atoms with Crippen molar-refractivity contribution in [1.29, 1.82) is 0 Å². The summed E-state index contributed by atoms with van der Waals surface area (Å²) >= 11 is 3.54. The lowest BCUT2D eigenvalue weighted by Gasteiger charge is -2.19. The van der Waals surface area contributed by atoms with Crippen LogP contribution < -0.4 is 5.32 Å².